The molecule has 2 atom stereocenters. The molecule has 0 aliphatic carbocycles. The average Bonchev–Trinajstić information content (AvgIpc) is 2.67. The molecular weight excluding hydrogens is 401 g/mol. The van der Waals surface area contributed by atoms with Crippen molar-refractivity contribution in [3.63, 3.8) is 0 Å². The standard InChI is InChI=1S/C21H23Cl2NO4/c1-13-10-18(22)20(19(23)11-13)28-9-8-27-15-4-2-14(3-5-15)16-6-7-24-12-17(16)21(25)26/h2-5,10-11,16-17,24H,6-9,12H2,1H3,(H,25,26)/t16-,17+/m1/s1. The number of aryl methyl sites for hydroxylation is 1. The van der Waals surface area contributed by atoms with Crippen LogP contribution in [0.2, 0.25) is 10.0 Å². The van der Waals surface area contributed by atoms with Crippen LogP contribution in [0.25, 0.3) is 0 Å². The van der Waals surface area contributed by atoms with Gasteiger partial charge >= 0.3 is 5.97 Å². The highest BCUT2D eigenvalue weighted by molar-refractivity contribution is 6.37. The largest absolute Gasteiger partial charge is 0.490 e. The van der Waals surface area contributed by atoms with E-state index in [2.05, 4.69) is 5.32 Å². The molecule has 3 rings (SSSR count). The van der Waals surface area contributed by atoms with Crippen LogP contribution in [0, 0.1) is 12.8 Å². The van der Waals surface area contributed by atoms with Crippen molar-refractivity contribution in [3.05, 3.63) is 57.6 Å². The average molecular weight is 424 g/mol. The summed E-state index contributed by atoms with van der Waals surface area (Å²) in [5, 5.41) is 13.5. The summed E-state index contributed by atoms with van der Waals surface area (Å²) in [6, 6.07) is 11.2. The lowest BCUT2D eigenvalue weighted by atomic mass is 9.81. The van der Waals surface area contributed by atoms with Gasteiger partial charge in [0.15, 0.2) is 5.75 Å². The van der Waals surface area contributed by atoms with Gasteiger partial charge in [0.25, 0.3) is 0 Å². The summed E-state index contributed by atoms with van der Waals surface area (Å²) in [6.07, 6.45) is 0.809. The molecule has 1 heterocycles. The molecule has 0 spiro atoms. The van der Waals surface area contributed by atoms with Crippen molar-refractivity contribution in [2.75, 3.05) is 26.3 Å². The van der Waals surface area contributed by atoms with Crippen LogP contribution in [-0.2, 0) is 4.79 Å². The molecule has 0 unspecified atom stereocenters. The van der Waals surface area contributed by atoms with Gasteiger partial charge in [0.1, 0.15) is 19.0 Å². The van der Waals surface area contributed by atoms with Gasteiger partial charge in [-0.05, 0) is 61.2 Å². The fraction of sp³-hybridized carbons (Fsp3) is 0.381. The number of hydrogen-bond donors (Lipinski definition) is 2. The smallest absolute Gasteiger partial charge is 0.308 e. The summed E-state index contributed by atoms with van der Waals surface area (Å²) >= 11 is 12.3. The zero-order chi connectivity index (χ0) is 20.1. The molecule has 0 aromatic heterocycles. The van der Waals surface area contributed by atoms with Gasteiger partial charge in [0, 0.05) is 6.54 Å². The quantitative estimate of drug-likeness (QED) is 0.639. The maximum Gasteiger partial charge on any atom is 0.308 e. The topological polar surface area (TPSA) is 67.8 Å². The molecule has 1 aliphatic heterocycles. The highest BCUT2D eigenvalue weighted by Gasteiger charge is 2.31. The second kappa shape index (κ2) is 9.50. The number of nitrogens with one attached hydrogen (secondary N) is 1. The third kappa shape index (κ3) is 5.10. The van der Waals surface area contributed by atoms with E-state index >= 15 is 0 Å². The fourth-order valence-electron chi connectivity index (χ4n) is 3.46. The van der Waals surface area contributed by atoms with E-state index in [4.69, 9.17) is 32.7 Å². The van der Waals surface area contributed by atoms with E-state index in [0.717, 1.165) is 24.1 Å². The van der Waals surface area contributed by atoms with Crippen LogP contribution in [0.3, 0.4) is 0 Å². The molecule has 5 nitrogen and oxygen atoms in total. The molecule has 0 amide bonds. The summed E-state index contributed by atoms with van der Waals surface area (Å²) in [7, 11) is 0. The van der Waals surface area contributed by atoms with E-state index in [1.165, 1.54) is 0 Å². The maximum absolute atomic E-state index is 11.5. The third-order valence-electron chi connectivity index (χ3n) is 4.85. The van der Waals surface area contributed by atoms with Crippen LogP contribution in [0.4, 0.5) is 0 Å². The van der Waals surface area contributed by atoms with Gasteiger partial charge in [-0.15, -0.1) is 0 Å². The number of hydrogen-bond acceptors (Lipinski definition) is 4. The lowest BCUT2D eigenvalue weighted by Crippen LogP contribution is -2.39. The summed E-state index contributed by atoms with van der Waals surface area (Å²) in [5.41, 5.74) is 1.99. The Balaban J connectivity index is 1.53. The molecule has 0 bridgehead atoms. The van der Waals surface area contributed by atoms with Crippen LogP contribution in [-0.4, -0.2) is 37.4 Å². The van der Waals surface area contributed by atoms with Crippen molar-refractivity contribution in [1.82, 2.24) is 5.32 Å². The van der Waals surface area contributed by atoms with Crippen molar-refractivity contribution in [2.24, 2.45) is 5.92 Å². The Bertz CT molecular complexity index is 803. The Morgan fingerprint density at radius 3 is 2.43 bits per heavy atom. The Kier molecular flexibility index (Phi) is 7.05. The van der Waals surface area contributed by atoms with E-state index in [1.807, 2.05) is 31.2 Å². The molecule has 0 radical (unpaired) electrons. The number of ether oxygens (including phenoxy) is 2. The minimum absolute atomic E-state index is 0.0157. The maximum atomic E-state index is 11.5. The van der Waals surface area contributed by atoms with Gasteiger partial charge < -0.3 is 19.9 Å². The molecular formula is C21H23Cl2NO4. The first-order valence-electron chi connectivity index (χ1n) is 9.20. The molecule has 7 heteroatoms. The summed E-state index contributed by atoms with van der Waals surface area (Å²) in [4.78, 5) is 11.5. The number of rotatable bonds is 7. The predicted molar refractivity (Wildman–Crippen MR) is 110 cm³/mol. The third-order valence-corrected chi connectivity index (χ3v) is 5.41. The van der Waals surface area contributed by atoms with E-state index in [-0.39, 0.29) is 5.92 Å². The van der Waals surface area contributed by atoms with E-state index < -0.39 is 11.9 Å². The van der Waals surface area contributed by atoms with E-state index in [1.54, 1.807) is 12.1 Å². The number of carboxylic acid groups (broad SMARTS) is 1. The predicted octanol–water partition coefficient (Wildman–Crippen LogP) is 4.54. The van der Waals surface area contributed by atoms with Crippen molar-refractivity contribution in [2.45, 2.75) is 19.3 Å². The van der Waals surface area contributed by atoms with Gasteiger partial charge in [-0.2, -0.15) is 0 Å². The highest BCUT2D eigenvalue weighted by atomic mass is 35.5. The molecule has 1 aliphatic rings. The first-order valence-corrected chi connectivity index (χ1v) is 9.96. The second-order valence-electron chi connectivity index (χ2n) is 6.87. The fourth-order valence-corrected chi connectivity index (χ4v) is 4.16. The van der Waals surface area contributed by atoms with Gasteiger partial charge in [0.2, 0.25) is 0 Å². The summed E-state index contributed by atoms with van der Waals surface area (Å²) in [5.74, 6) is 0.00995. The molecule has 1 fully saturated rings. The number of halogens is 2. The van der Waals surface area contributed by atoms with Gasteiger partial charge in [-0.1, -0.05) is 35.3 Å². The highest BCUT2D eigenvalue weighted by Crippen LogP contribution is 2.34. The Hall–Kier alpha value is -1.95. The number of carbonyl (C=O) groups is 1. The molecule has 1 saturated heterocycles. The zero-order valence-electron chi connectivity index (χ0n) is 15.6. The molecule has 2 aromatic carbocycles. The van der Waals surface area contributed by atoms with Gasteiger partial charge in [-0.25, -0.2) is 0 Å². The minimum Gasteiger partial charge on any atom is -0.490 e. The van der Waals surface area contributed by atoms with Crippen LogP contribution >= 0.6 is 23.2 Å². The Labute approximate surface area is 174 Å². The van der Waals surface area contributed by atoms with Gasteiger partial charge in [0.05, 0.1) is 16.0 Å². The molecule has 2 N–H and O–H groups in total. The van der Waals surface area contributed by atoms with Crippen LogP contribution in [0.15, 0.2) is 36.4 Å². The lowest BCUT2D eigenvalue weighted by molar-refractivity contribution is -0.142. The molecule has 0 saturated carbocycles. The number of benzene rings is 2. The number of aliphatic carboxylic acids is 1. The minimum atomic E-state index is -0.761. The summed E-state index contributed by atoms with van der Waals surface area (Å²) in [6.45, 7) is 3.88. The van der Waals surface area contributed by atoms with E-state index in [0.29, 0.717) is 41.3 Å². The Morgan fingerprint density at radius 2 is 1.79 bits per heavy atom. The normalized spacial score (nSPS) is 19.2. The summed E-state index contributed by atoms with van der Waals surface area (Å²) < 4.78 is 11.4. The molecule has 150 valence electrons. The Morgan fingerprint density at radius 1 is 1.14 bits per heavy atom. The molecule has 2 aromatic rings. The number of carboxylic acids is 1. The SMILES string of the molecule is Cc1cc(Cl)c(OCCOc2ccc([C@H]3CCNC[C@@H]3C(=O)O)cc2)c(Cl)c1. The van der Waals surface area contributed by atoms with Gasteiger partial charge in [-0.3, -0.25) is 4.79 Å². The van der Waals surface area contributed by atoms with Crippen molar-refractivity contribution in [1.29, 1.82) is 0 Å². The first kappa shape index (κ1) is 20.8. The van der Waals surface area contributed by atoms with Crippen molar-refractivity contribution < 1.29 is 19.4 Å². The van der Waals surface area contributed by atoms with E-state index in [9.17, 15) is 9.90 Å². The zero-order valence-corrected chi connectivity index (χ0v) is 17.1. The first-order chi connectivity index (χ1) is 13.5. The van der Waals surface area contributed by atoms with Crippen LogP contribution in [0.5, 0.6) is 11.5 Å². The van der Waals surface area contributed by atoms with Crippen LogP contribution < -0.4 is 14.8 Å². The number of piperidine rings is 1. The molecule has 28 heavy (non-hydrogen) atoms. The van der Waals surface area contributed by atoms with Crippen molar-refractivity contribution >= 4 is 29.2 Å². The van der Waals surface area contributed by atoms with Crippen LogP contribution in [0.1, 0.15) is 23.5 Å². The monoisotopic (exact) mass is 423 g/mol. The second-order valence-corrected chi connectivity index (χ2v) is 7.68. The van der Waals surface area contributed by atoms with Crippen molar-refractivity contribution in [3.8, 4) is 11.5 Å². The lowest BCUT2D eigenvalue weighted by Gasteiger charge is -2.29.